The number of nitrogens with zero attached hydrogens (tertiary/aromatic N) is 3. The van der Waals surface area contributed by atoms with Gasteiger partial charge in [-0.2, -0.15) is 0 Å². The Morgan fingerprint density at radius 2 is 2.04 bits per heavy atom. The minimum absolute atomic E-state index is 0. The van der Waals surface area contributed by atoms with Crippen LogP contribution in [0.4, 0.5) is 0 Å². The molecule has 2 aromatic rings. The Labute approximate surface area is 171 Å². The lowest BCUT2D eigenvalue weighted by Gasteiger charge is -2.32. The van der Waals surface area contributed by atoms with E-state index in [0.717, 1.165) is 62.7 Å². The Hall–Kier alpha value is -2.09. The van der Waals surface area contributed by atoms with Gasteiger partial charge < -0.3 is 19.9 Å². The molecule has 2 aliphatic rings. The predicted molar refractivity (Wildman–Crippen MR) is 111 cm³/mol. The van der Waals surface area contributed by atoms with Crippen LogP contribution < -0.4 is 10.1 Å². The molecular formula is C20H28ClN5O2. The second-order valence-electron chi connectivity index (χ2n) is 7.27. The van der Waals surface area contributed by atoms with Gasteiger partial charge in [0.2, 0.25) is 0 Å². The van der Waals surface area contributed by atoms with Crippen molar-refractivity contribution in [1.82, 2.24) is 25.1 Å². The zero-order valence-electron chi connectivity index (χ0n) is 16.4. The van der Waals surface area contributed by atoms with Crippen molar-refractivity contribution in [3.8, 4) is 17.1 Å². The van der Waals surface area contributed by atoms with Crippen LogP contribution in [0, 0.1) is 6.92 Å². The maximum atomic E-state index is 13.1. The Bertz CT molecular complexity index is 819. The molecule has 0 bridgehead atoms. The molecule has 0 radical (unpaired) electrons. The summed E-state index contributed by atoms with van der Waals surface area (Å²) in [5, 5.41) is 3.39. The number of ether oxygens (including phenoxy) is 1. The van der Waals surface area contributed by atoms with Gasteiger partial charge in [-0.05, 0) is 25.5 Å². The van der Waals surface area contributed by atoms with Crippen molar-refractivity contribution < 1.29 is 9.53 Å². The highest BCUT2D eigenvalue weighted by Gasteiger charge is 2.32. The number of halogens is 1. The summed E-state index contributed by atoms with van der Waals surface area (Å²) in [7, 11) is 1.64. The van der Waals surface area contributed by atoms with Crippen molar-refractivity contribution in [2.45, 2.75) is 19.4 Å². The molecule has 7 nitrogen and oxygen atoms in total. The molecule has 4 rings (SSSR count). The number of imidazole rings is 1. The predicted octanol–water partition coefficient (Wildman–Crippen LogP) is 1.94. The number of piperazine rings is 1. The Balaban J connectivity index is 0.00000225. The summed E-state index contributed by atoms with van der Waals surface area (Å²) in [6, 6.07) is 8.17. The van der Waals surface area contributed by atoms with Gasteiger partial charge in [0.25, 0.3) is 5.91 Å². The van der Waals surface area contributed by atoms with Crippen LogP contribution in [0.25, 0.3) is 11.4 Å². The number of aromatic amines is 1. The van der Waals surface area contributed by atoms with Crippen molar-refractivity contribution >= 4 is 18.3 Å². The van der Waals surface area contributed by atoms with Crippen LogP contribution in [0.2, 0.25) is 0 Å². The van der Waals surface area contributed by atoms with Gasteiger partial charge in [0.1, 0.15) is 17.3 Å². The SMILES string of the molecule is COc1cccc(-c2nc(C(=O)N3CCC(N4CCNCC4)C3)c(C)[nH]2)c1.Cl. The van der Waals surface area contributed by atoms with Crippen LogP contribution in [-0.4, -0.2) is 78.1 Å². The van der Waals surface area contributed by atoms with Gasteiger partial charge in [0, 0.05) is 56.6 Å². The molecule has 1 aromatic heterocycles. The number of H-pyrrole nitrogens is 1. The first-order valence-electron chi connectivity index (χ1n) is 9.61. The molecule has 1 unspecified atom stereocenters. The number of carbonyl (C=O) groups is 1. The van der Waals surface area contributed by atoms with E-state index >= 15 is 0 Å². The number of aromatic nitrogens is 2. The van der Waals surface area contributed by atoms with Crippen molar-refractivity contribution in [1.29, 1.82) is 0 Å². The lowest BCUT2D eigenvalue weighted by molar-refractivity contribution is 0.0767. The zero-order valence-corrected chi connectivity index (χ0v) is 17.2. The molecule has 2 aliphatic heterocycles. The van der Waals surface area contributed by atoms with E-state index in [2.05, 4.69) is 20.2 Å². The number of rotatable bonds is 4. The highest BCUT2D eigenvalue weighted by molar-refractivity contribution is 5.94. The quantitative estimate of drug-likeness (QED) is 0.813. The monoisotopic (exact) mass is 405 g/mol. The van der Waals surface area contributed by atoms with Gasteiger partial charge >= 0.3 is 0 Å². The minimum atomic E-state index is 0. The standard InChI is InChI=1S/C20H27N5O2.ClH/c1-14-18(23-19(22-14)15-4-3-5-17(12-15)27-2)20(26)25-9-6-16(13-25)24-10-7-21-8-11-24;/h3-5,12,16,21H,6-11,13H2,1-2H3,(H,22,23);1H. The van der Waals surface area contributed by atoms with Gasteiger partial charge in [0.05, 0.1) is 7.11 Å². The van der Waals surface area contributed by atoms with Gasteiger partial charge in [-0.25, -0.2) is 4.98 Å². The highest BCUT2D eigenvalue weighted by Crippen LogP contribution is 2.24. The van der Waals surface area contributed by atoms with E-state index < -0.39 is 0 Å². The van der Waals surface area contributed by atoms with E-state index in [9.17, 15) is 4.79 Å². The maximum absolute atomic E-state index is 13.1. The van der Waals surface area contributed by atoms with Crippen molar-refractivity contribution in [2.75, 3.05) is 46.4 Å². The fourth-order valence-electron chi connectivity index (χ4n) is 4.00. The topological polar surface area (TPSA) is 73.5 Å². The van der Waals surface area contributed by atoms with E-state index in [4.69, 9.17) is 4.74 Å². The van der Waals surface area contributed by atoms with Crippen molar-refractivity contribution in [3.05, 3.63) is 35.7 Å². The van der Waals surface area contributed by atoms with E-state index in [1.165, 1.54) is 0 Å². The fraction of sp³-hybridized carbons (Fsp3) is 0.500. The number of aryl methyl sites for hydroxylation is 1. The summed E-state index contributed by atoms with van der Waals surface area (Å²) < 4.78 is 5.29. The van der Waals surface area contributed by atoms with E-state index in [-0.39, 0.29) is 18.3 Å². The fourth-order valence-corrected chi connectivity index (χ4v) is 4.00. The first kappa shape index (κ1) is 20.6. The largest absolute Gasteiger partial charge is 0.497 e. The highest BCUT2D eigenvalue weighted by atomic mass is 35.5. The van der Waals surface area contributed by atoms with E-state index in [1.54, 1.807) is 7.11 Å². The number of carbonyl (C=O) groups excluding carboxylic acids is 1. The van der Waals surface area contributed by atoms with E-state index in [0.29, 0.717) is 17.6 Å². The molecule has 2 N–H and O–H groups in total. The molecule has 3 heterocycles. The van der Waals surface area contributed by atoms with Gasteiger partial charge in [0.15, 0.2) is 0 Å². The zero-order chi connectivity index (χ0) is 18.8. The summed E-state index contributed by atoms with van der Waals surface area (Å²) in [6.07, 6.45) is 1.04. The van der Waals surface area contributed by atoms with Crippen LogP contribution in [0.5, 0.6) is 5.75 Å². The van der Waals surface area contributed by atoms with Crippen molar-refractivity contribution in [2.24, 2.45) is 0 Å². The Morgan fingerprint density at radius 3 is 2.79 bits per heavy atom. The third-order valence-electron chi connectivity index (χ3n) is 5.55. The molecular weight excluding hydrogens is 378 g/mol. The van der Waals surface area contributed by atoms with Crippen LogP contribution in [-0.2, 0) is 0 Å². The van der Waals surface area contributed by atoms with Crippen LogP contribution >= 0.6 is 12.4 Å². The number of hydrogen-bond donors (Lipinski definition) is 2. The molecule has 2 saturated heterocycles. The van der Waals surface area contributed by atoms with Gasteiger partial charge in [-0.3, -0.25) is 9.69 Å². The van der Waals surface area contributed by atoms with Gasteiger partial charge in [-0.1, -0.05) is 12.1 Å². The molecule has 1 amide bonds. The molecule has 0 aliphatic carbocycles. The molecule has 8 heteroatoms. The van der Waals surface area contributed by atoms with Crippen LogP contribution in [0.3, 0.4) is 0 Å². The third kappa shape index (κ3) is 4.16. The maximum Gasteiger partial charge on any atom is 0.274 e. The van der Waals surface area contributed by atoms with Crippen LogP contribution in [0.15, 0.2) is 24.3 Å². The normalized spacial score (nSPS) is 20.1. The summed E-state index contributed by atoms with van der Waals surface area (Å²) in [6.45, 7) is 7.70. The average molecular weight is 406 g/mol. The summed E-state index contributed by atoms with van der Waals surface area (Å²) in [4.78, 5) is 25.4. The number of benzene rings is 1. The lowest BCUT2D eigenvalue weighted by atomic mass is 10.2. The van der Waals surface area contributed by atoms with Crippen LogP contribution in [0.1, 0.15) is 22.6 Å². The molecule has 152 valence electrons. The molecule has 1 aromatic carbocycles. The minimum Gasteiger partial charge on any atom is -0.497 e. The average Bonchev–Trinajstić information content (AvgIpc) is 3.35. The second kappa shape index (κ2) is 8.94. The summed E-state index contributed by atoms with van der Waals surface area (Å²) in [5.74, 6) is 1.50. The second-order valence-corrected chi connectivity index (χ2v) is 7.27. The number of amides is 1. The molecule has 0 spiro atoms. The Kier molecular flexibility index (Phi) is 6.59. The van der Waals surface area contributed by atoms with Crippen molar-refractivity contribution in [3.63, 3.8) is 0 Å². The molecule has 0 saturated carbocycles. The summed E-state index contributed by atoms with van der Waals surface area (Å²) in [5.41, 5.74) is 2.24. The third-order valence-corrected chi connectivity index (χ3v) is 5.55. The smallest absolute Gasteiger partial charge is 0.274 e. The van der Waals surface area contributed by atoms with Gasteiger partial charge in [-0.15, -0.1) is 12.4 Å². The number of hydrogen-bond acceptors (Lipinski definition) is 5. The number of methoxy groups -OCH3 is 1. The number of nitrogens with one attached hydrogen (secondary N) is 2. The molecule has 28 heavy (non-hydrogen) atoms. The number of likely N-dealkylation sites (tertiary alicyclic amines) is 1. The first-order valence-corrected chi connectivity index (χ1v) is 9.61. The lowest BCUT2D eigenvalue weighted by Crippen LogP contribution is -2.49. The summed E-state index contributed by atoms with van der Waals surface area (Å²) >= 11 is 0. The Morgan fingerprint density at radius 1 is 1.25 bits per heavy atom. The van der Waals surface area contributed by atoms with E-state index in [1.807, 2.05) is 36.1 Å². The first-order chi connectivity index (χ1) is 13.2. The molecule has 1 atom stereocenters. The molecule has 2 fully saturated rings.